The van der Waals surface area contributed by atoms with Gasteiger partial charge in [-0.2, -0.15) is 0 Å². The Morgan fingerprint density at radius 1 is 0.944 bits per heavy atom. The Morgan fingerprint density at radius 3 is 2.06 bits per heavy atom. The van der Waals surface area contributed by atoms with Gasteiger partial charge in [-0.25, -0.2) is 0 Å². The summed E-state index contributed by atoms with van der Waals surface area (Å²) in [6, 6.07) is 6.77. The van der Waals surface area contributed by atoms with E-state index in [1.807, 2.05) is 0 Å². The average Bonchev–Trinajstić information content (AvgIpc) is 2.36. The topological polar surface area (TPSA) is 9.23 Å². The molecule has 2 atom stereocenters. The van der Waals surface area contributed by atoms with Crippen LogP contribution >= 0.6 is 0 Å². The highest BCUT2D eigenvalue weighted by atomic mass is 16.5. The van der Waals surface area contributed by atoms with Gasteiger partial charge in [0.2, 0.25) is 0 Å². The molecule has 2 unspecified atom stereocenters. The standard InChI is InChI=1S/C17H28O/c1-7-13(5)15-9-10-16(14(6)8-2)17(11-15)18-12(3)4/h9-14H,7-8H2,1-6H3. The van der Waals surface area contributed by atoms with Crippen LogP contribution < -0.4 is 4.74 Å². The molecule has 0 fully saturated rings. The van der Waals surface area contributed by atoms with E-state index in [0.29, 0.717) is 11.8 Å². The van der Waals surface area contributed by atoms with Crippen molar-refractivity contribution in [2.24, 2.45) is 0 Å². The van der Waals surface area contributed by atoms with Crippen molar-refractivity contribution in [2.45, 2.75) is 72.3 Å². The molecule has 0 amide bonds. The number of ether oxygens (including phenoxy) is 1. The van der Waals surface area contributed by atoms with Gasteiger partial charge in [-0.3, -0.25) is 0 Å². The van der Waals surface area contributed by atoms with Crippen LogP contribution in [-0.2, 0) is 0 Å². The van der Waals surface area contributed by atoms with Crippen molar-refractivity contribution in [2.75, 3.05) is 0 Å². The summed E-state index contributed by atoms with van der Waals surface area (Å²) < 4.78 is 6.00. The summed E-state index contributed by atoms with van der Waals surface area (Å²) in [6.45, 7) is 13.2. The Morgan fingerprint density at radius 2 is 1.56 bits per heavy atom. The van der Waals surface area contributed by atoms with E-state index < -0.39 is 0 Å². The predicted octanol–water partition coefficient (Wildman–Crippen LogP) is 5.50. The molecule has 0 aliphatic carbocycles. The maximum Gasteiger partial charge on any atom is 0.123 e. The molecule has 1 nitrogen and oxygen atoms in total. The highest BCUT2D eigenvalue weighted by Crippen LogP contribution is 2.33. The van der Waals surface area contributed by atoms with E-state index in [2.05, 4.69) is 59.7 Å². The fourth-order valence-electron chi connectivity index (χ4n) is 2.08. The lowest BCUT2D eigenvalue weighted by molar-refractivity contribution is 0.238. The van der Waals surface area contributed by atoms with Crippen molar-refractivity contribution < 1.29 is 4.74 Å². The lowest BCUT2D eigenvalue weighted by atomic mass is 9.92. The second-order valence-corrected chi connectivity index (χ2v) is 5.58. The number of hydrogen-bond donors (Lipinski definition) is 0. The Bertz CT molecular complexity index is 368. The molecule has 1 heteroatoms. The molecule has 0 N–H and O–H groups in total. The van der Waals surface area contributed by atoms with Crippen molar-refractivity contribution in [3.63, 3.8) is 0 Å². The third-order valence-corrected chi connectivity index (χ3v) is 3.72. The molecule has 0 aromatic heterocycles. The predicted molar refractivity (Wildman–Crippen MR) is 79.6 cm³/mol. The van der Waals surface area contributed by atoms with Crippen LogP contribution in [0.2, 0.25) is 0 Å². The molecule has 0 bridgehead atoms. The van der Waals surface area contributed by atoms with Crippen LogP contribution in [-0.4, -0.2) is 6.10 Å². The highest BCUT2D eigenvalue weighted by molar-refractivity contribution is 5.41. The molecule has 0 saturated heterocycles. The van der Waals surface area contributed by atoms with Crippen LogP contribution in [0.15, 0.2) is 18.2 Å². The minimum atomic E-state index is 0.236. The minimum absolute atomic E-state index is 0.236. The molecule has 1 aromatic carbocycles. The number of hydrogen-bond acceptors (Lipinski definition) is 1. The lowest BCUT2D eigenvalue weighted by Gasteiger charge is -2.20. The first-order chi connectivity index (χ1) is 8.49. The minimum Gasteiger partial charge on any atom is -0.491 e. The second-order valence-electron chi connectivity index (χ2n) is 5.58. The van der Waals surface area contributed by atoms with Gasteiger partial charge in [-0.1, -0.05) is 39.8 Å². The smallest absolute Gasteiger partial charge is 0.123 e. The van der Waals surface area contributed by atoms with Crippen molar-refractivity contribution in [3.8, 4) is 5.75 Å². The summed E-state index contributed by atoms with van der Waals surface area (Å²) in [7, 11) is 0. The van der Waals surface area contributed by atoms with E-state index in [9.17, 15) is 0 Å². The molecule has 0 radical (unpaired) electrons. The molecular formula is C17H28O. The average molecular weight is 248 g/mol. The third kappa shape index (κ3) is 3.76. The molecular weight excluding hydrogens is 220 g/mol. The summed E-state index contributed by atoms with van der Waals surface area (Å²) in [5.41, 5.74) is 2.73. The maximum atomic E-state index is 6.00. The highest BCUT2D eigenvalue weighted by Gasteiger charge is 2.14. The summed E-state index contributed by atoms with van der Waals surface area (Å²) in [6.07, 6.45) is 2.56. The Hall–Kier alpha value is -0.980. The van der Waals surface area contributed by atoms with Gasteiger partial charge >= 0.3 is 0 Å². The largest absolute Gasteiger partial charge is 0.491 e. The Balaban J connectivity index is 3.11. The first-order valence-corrected chi connectivity index (χ1v) is 7.30. The summed E-state index contributed by atoms with van der Waals surface area (Å²) in [4.78, 5) is 0. The fourth-order valence-corrected chi connectivity index (χ4v) is 2.08. The quantitative estimate of drug-likeness (QED) is 0.646. The third-order valence-electron chi connectivity index (χ3n) is 3.72. The normalized spacial score (nSPS) is 14.6. The van der Waals surface area contributed by atoms with Gasteiger partial charge in [-0.05, 0) is 55.7 Å². The second kappa shape index (κ2) is 6.82. The Kier molecular flexibility index (Phi) is 5.71. The van der Waals surface area contributed by atoms with Gasteiger partial charge in [-0.15, -0.1) is 0 Å². The molecule has 0 spiro atoms. The molecule has 0 aliphatic rings. The molecule has 0 saturated carbocycles. The van der Waals surface area contributed by atoms with Crippen LogP contribution in [0.25, 0.3) is 0 Å². The number of benzene rings is 1. The van der Waals surface area contributed by atoms with Crippen molar-refractivity contribution in [1.82, 2.24) is 0 Å². The zero-order valence-electron chi connectivity index (χ0n) is 12.8. The number of rotatable bonds is 6. The first kappa shape index (κ1) is 15.1. The first-order valence-electron chi connectivity index (χ1n) is 7.30. The fraction of sp³-hybridized carbons (Fsp3) is 0.647. The maximum absolute atomic E-state index is 6.00. The molecule has 18 heavy (non-hydrogen) atoms. The van der Waals surface area contributed by atoms with E-state index in [4.69, 9.17) is 4.74 Å². The molecule has 0 heterocycles. The van der Waals surface area contributed by atoms with E-state index in [1.54, 1.807) is 0 Å². The van der Waals surface area contributed by atoms with Crippen molar-refractivity contribution in [3.05, 3.63) is 29.3 Å². The lowest BCUT2D eigenvalue weighted by Crippen LogP contribution is -2.09. The summed E-state index contributed by atoms with van der Waals surface area (Å²) in [5, 5.41) is 0. The van der Waals surface area contributed by atoms with E-state index in [1.165, 1.54) is 17.5 Å². The molecule has 1 aromatic rings. The summed E-state index contributed by atoms with van der Waals surface area (Å²) >= 11 is 0. The zero-order chi connectivity index (χ0) is 13.7. The molecule has 1 rings (SSSR count). The monoisotopic (exact) mass is 248 g/mol. The SMILES string of the molecule is CCC(C)c1ccc(C(C)CC)c(OC(C)C)c1. The van der Waals surface area contributed by atoms with Gasteiger partial charge in [0, 0.05) is 0 Å². The van der Waals surface area contributed by atoms with E-state index in [0.717, 1.165) is 12.2 Å². The molecule has 0 aliphatic heterocycles. The van der Waals surface area contributed by atoms with Gasteiger partial charge < -0.3 is 4.74 Å². The van der Waals surface area contributed by atoms with Gasteiger partial charge in [0.1, 0.15) is 5.75 Å². The Labute approximate surface area is 113 Å². The summed E-state index contributed by atoms with van der Waals surface area (Å²) in [5.74, 6) is 2.24. The van der Waals surface area contributed by atoms with Crippen LogP contribution in [0.3, 0.4) is 0 Å². The van der Waals surface area contributed by atoms with Crippen LogP contribution in [0.5, 0.6) is 5.75 Å². The zero-order valence-corrected chi connectivity index (χ0v) is 12.8. The van der Waals surface area contributed by atoms with Crippen molar-refractivity contribution >= 4 is 0 Å². The van der Waals surface area contributed by atoms with Crippen molar-refractivity contribution in [1.29, 1.82) is 0 Å². The molecule has 102 valence electrons. The van der Waals surface area contributed by atoms with Gasteiger partial charge in [0.15, 0.2) is 0 Å². The van der Waals surface area contributed by atoms with E-state index in [-0.39, 0.29) is 6.10 Å². The van der Waals surface area contributed by atoms with Crippen LogP contribution in [0.4, 0.5) is 0 Å². The van der Waals surface area contributed by atoms with Crippen LogP contribution in [0, 0.1) is 0 Å². The van der Waals surface area contributed by atoms with Crippen LogP contribution in [0.1, 0.15) is 77.3 Å². The van der Waals surface area contributed by atoms with Gasteiger partial charge in [0.05, 0.1) is 6.10 Å². The van der Waals surface area contributed by atoms with Gasteiger partial charge in [0.25, 0.3) is 0 Å². The van der Waals surface area contributed by atoms with E-state index >= 15 is 0 Å².